The number of halogens is 3. The molecule has 3 heterocycles. The van der Waals surface area contributed by atoms with Crippen LogP contribution < -0.4 is 5.32 Å². The summed E-state index contributed by atoms with van der Waals surface area (Å²) in [4.78, 5) is 25.7. The van der Waals surface area contributed by atoms with Crippen LogP contribution in [0.2, 0.25) is 0 Å². The van der Waals surface area contributed by atoms with Crippen molar-refractivity contribution in [2.24, 2.45) is 7.05 Å². The largest absolute Gasteiger partial charge is 0.435 e. The molecule has 28 heavy (non-hydrogen) atoms. The Morgan fingerprint density at radius 2 is 2.04 bits per heavy atom. The Kier molecular flexibility index (Phi) is 5.18. The number of nitrogens with zero attached hydrogens (tertiary/aromatic N) is 5. The average molecular weight is 398 g/mol. The van der Waals surface area contributed by atoms with Gasteiger partial charge in [-0.3, -0.25) is 19.0 Å². The lowest BCUT2D eigenvalue weighted by molar-refractivity contribution is -0.142. The molecule has 3 rings (SSSR count). The maximum absolute atomic E-state index is 12.9. The zero-order chi connectivity index (χ0) is 20.6. The highest BCUT2D eigenvalue weighted by molar-refractivity contribution is 5.77. The lowest BCUT2D eigenvalue weighted by Gasteiger charge is -2.18. The molecule has 0 spiro atoms. The van der Waals surface area contributed by atoms with Gasteiger partial charge in [0.05, 0.1) is 6.04 Å². The number of rotatable bonds is 4. The lowest BCUT2D eigenvalue weighted by atomic mass is 9.99. The van der Waals surface area contributed by atoms with E-state index in [1.807, 2.05) is 6.07 Å². The number of hydrogen-bond acceptors (Lipinski definition) is 4. The maximum Gasteiger partial charge on any atom is 0.435 e. The van der Waals surface area contributed by atoms with E-state index in [-0.39, 0.29) is 42.4 Å². The minimum atomic E-state index is -4.56. The monoisotopic (exact) mass is 398 g/mol. The van der Waals surface area contributed by atoms with E-state index in [0.717, 1.165) is 10.4 Å². The van der Waals surface area contributed by atoms with Gasteiger partial charge >= 0.3 is 6.18 Å². The van der Waals surface area contributed by atoms with E-state index in [2.05, 4.69) is 15.5 Å². The number of likely N-dealkylation sites (tertiary alicyclic amines) is 1. The van der Waals surface area contributed by atoms with Crippen LogP contribution in [0.15, 0.2) is 18.5 Å². The van der Waals surface area contributed by atoms with E-state index in [4.69, 9.17) is 0 Å². The van der Waals surface area contributed by atoms with Crippen LogP contribution in [0.1, 0.15) is 29.8 Å². The third-order valence-corrected chi connectivity index (χ3v) is 4.81. The zero-order valence-corrected chi connectivity index (χ0v) is 15.7. The number of hydrogen-bond donors (Lipinski definition) is 1. The minimum Gasteiger partial charge on any atom is -0.351 e. The molecule has 1 saturated heterocycles. The summed E-state index contributed by atoms with van der Waals surface area (Å²) >= 11 is 0. The predicted octanol–water partition coefficient (Wildman–Crippen LogP) is 1.07. The number of carbonyl (C=O) groups is 2. The first-order valence-electron chi connectivity index (χ1n) is 8.70. The quantitative estimate of drug-likeness (QED) is 0.835. The molecule has 0 aromatic carbocycles. The van der Waals surface area contributed by atoms with Crippen molar-refractivity contribution in [2.45, 2.75) is 38.5 Å². The fraction of sp³-hybridized carbons (Fsp3) is 0.529. The molecule has 1 fully saturated rings. The highest BCUT2D eigenvalue weighted by Gasteiger charge is 2.39. The molecule has 1 aliphatic heterocycles. The maximum atomic E-state index is 12.9. The summed E-state index contributed by atoms with van der Waals surface area (Å²) in [6.45, 7) is 2.99. The van der Waals surface area contributed by atoms with Crippen molar-refractivity contribution in [2.75, 3.05) is 13.1 Å². The van der Waals surface area contributed by atoms with Crippen molar-refractivity contribution in [3.05, 3.63) is 35.4 Å². The first-order chi connectivity index (χ1) is 13.1. The summed E-state index contributed by atoms with van der Waals surface area (Å²) in [6.07, 6.45) is -1.72. The molecule has 1 N–H and O–H groups in total. The number of alkyl halides is 3. The topological polar surface area (TPSA) is 85.1 Å². The van der Waals surface area contributed by atoms with E-state index in [1.54, 1.807) is 17.9 Å². The van der Waals surface area contributed by atoms with Crippen LogP contribution >= 0.6 is 0 Å². The Morgan fingerprint density at radius 1 is 1.32 bits per heavy atom. The van der Waals surface area contributed by atoms with Gasteiger partial charge in [0.1, 0.15) is 6.54 Å². The number of nitrogens with one attached hydrogen (secondary N) is 1. The minimum absolute atomic E-state index is 0.0365. The summed E-state index contributed by atoms with van der Waals surface area (Å²) in [6, 6.07) is 1.52. The first-order valence-corrected chi connectivity index (χ1v) is 8.70. The van der Waals surface area contributed by atoms with Crippen molar-refractivity contribution in [3.8, 4) is 0 Å². The SMILES string of the molecule is CC(=O)N[C@@H]1CN(C(=O)Cn2cc(C)c(C(F)(F)F)n2)C[C@H]1c1ccnn1C. The van der Waals surface area contributed by atoms with Gasteiger partial charge in [0, 0.05) is 51.1 Å². The third-order valence-electron chi connectivity index (χ3n) is 4.81. The van der Waals surface area contributed by atoms with Gasteiger partial charge in [0.15, 0.2) is 5.69 Å². The van der Waals surface area contributed by atoms with Crippen LogP contribution in [0.25, 0.3) is 0 Å². The van der Waals surface area contributed by atoms with Crippen molar-refractivity contribution in [1.29, 1.82) is 0 Å². The number of aromatic nitrogens is 4. The molecule has 0 bridgehead atoms. The molecular weight excluding hydrogens is 377 g/mol. The molecule has 2 atom stereocenters. The summed E-state index contributed by atoms with van der Waals surface area (Å²) in [5.41, 5.74) is -0.167. The Balaban J connectivity index is 1.75. The molecule has 2 aromatic rings. The molecule has 1 aliphatic rings. The van der Waals surface area contributed by atoms with Gasteiger partial charge in [-0.2, -0.15) is 23.4 Å². The highest BCUT2D eigenvalue weighted by Crippen LogP contribution is 2.31. The fourth-order valence-electron chi connectivity index (χ4n) is 3.58. The van der Waals surface area contributed by atoms with E-state index < -0.39 is 11.9 Å². The van der Waals surface area contributed by atoms with Crippen LogP contribution in [-0.2, 0) is 29.4 Å². The fourth-order valence-corrected chi connectivity index (χ4v) is 3.58. The van der Waals surface area contributed by atoms with Gasteiger partial charge in [-0.25, -0.2) is 0 Å². The van der Waals surface area contributed by atoms with Gasteiger partial charge in [0.2, 0.25) is 11.8 Å². The van der Waals surface area contributed by atoms with E-state index in [0.29, 0.717) is 6.54 Å². The number of carbonyl (C=O) groups excluding carboxylic acids is 2. The molecule has 0 saturated carbocycles. The second kappa shape index (κ2) is 7.28. The summed E-state index contributed by atoms with van der Waals surface area (Å²) in [7, 11) is 1.77. The Labute approximate surface area is 159 Å². The Morgan fingerprint density at radius 3 is 2.57 bits per heavy atom. The standard InChI is InChI=1S/C17H21F3N6O2/c1-10-6-26(23-16(10)17(18,19)20)9-15(28)25-7-12(13(8-25)22-11(2)27)14-4-5-21-24(14)3/h4-6,12-13H,7-9H2,1-3H3,(H,22,27)/t12-,13-/m1/s1. The van der Waals surface area contributed by atoms with E-state index in [1.165, 1.54) is 24.9 Å². The molecule has 2 amide bonds. The lowest BCUT2D eigenvalue weighted by Crippen LogP contribution is -2.40. The van der Waals surface area contributed by atoms with Gasteiger partial charge in [-0.15, -0.1) is 0 Å². The molecule has 11 heteroatoms. The van der Waals surface area contributed by atoms with E-state index >= 15 is 0 Å². The van der Waals surface area contributed by atoms with E-state index in [9.17, 15) is 22.8 Å². The van der Waals surface area contributed by atoms with Gasteiger partial charge in [0.25, 0.3) is 0 Å². The van der Waals surface area contributed by atoms with Crippen LogP contribution in [0.3, 0.4) is 0 Å². The van der Waals surface area contributed by atoms with Gasteiger partial charge < -0.3 is 10.2 Å². The second-order valence-corrected chi connectivity index (χ2v) is 6.95. The smallest absolute Gasteiger partial charge is 0.351 e. The summed E-state index contributed by atoms with van der Waals surface area (Å²) in [5.74, 6) is -0.745. The molecule has 2 aromatic heterocycles. The number of aryl methyl sites for hydroxylation is 2. The Hall–Kier alpha value is -2.85. The highest BCUT2D eigenvalue weighted by atomic mass is 19.4. The summed E-state index contributed by atoms with van der Waals surface area (Å²) in [5, 5.41) is 10.5. The zero-order valence-electron chi connectivity index (χ0n) is 15.7. The molecular formula is C17H21F3N6O2. The van der Waals surface area contributed by atoms with Crippen molar-refractivity contribution >= 4 is 11.8 Å². The summed E-state index contributed by atoms with van der Waals surface area (Å²) < 4.78 is 41.4. The molecule has 152 valence electrons. The van der Waals surface area contributed by atoms with Crippen molar-refractivity contribution in [3.63, 3.8) is 0 Å². The molecule has 8 nitrogen and oxygen atoms in total. The van der Waals surface area contributed by atoms with Crippen LogP contribution in [0, 0.1) is 6.92 Å². The van der Waals surface area contributed by atoms with Crippen LogP contribution in [-0.4, -0.2) is 55.4 Å². The predicted molar refractivity (Wildman–Crippen MR) is 92.1 cm³/mol. The van der Waals surface area contributed by atoms with Crippen molar-refractivity contribution < 1.29 is 22.8 Å². The Bertz CT molecular complexity index is 888. The van der Waals surface area contributed by atoms with Crippen LogP contribution in [0.4, 0.5) is 13.2 Å². The van der Waals surface area contributed by atoms with Gasteiger partial charge in [-0.05, 0) is 18.6 Å². The molecule has 0 aliphatic carbocycles. The molecule has 0 radical (unpaired) electrons. The number of amides is 2. The average Bonchev–Trinajstić information content (AvgIpc) is 3.25. The second-order valence-electron chi connectivity index (χ2n) is 6.95. The third kappa shape index (κ3) is 4.02. The van der Waals surface area contributed by atoms with Gasteiger partial charge in [-0.1, -0.05) is 0 Å². The van der Waals surface area contributed by atoms with Crippen molar-refractivity contribution in [1.82, 2.24) is 29.8 Å². The van der Waals surface area contributed by atoms with Crippen LogP contribution in [0.5, 0.6) is 0 Å². The first kappa shape index (κ1) is 19.9. The normalized spacial score (nSPS) is 19.9. The molecule has 0 unspecified atom stereocenters.